The number of anilines is 1. The maximum atomic E-state index is 5.90. The van der Waals surface area contributed by atoms with Gasteiger partial charge in [-0.05, 0) is 37.8 Å². The van der Waals surface area contributed by atoms with E-state index in [1.807, 2.05) is 18.3 Å². The molecule has 128 valence electrons. The van der Waals surface area contributed by atoms with Gasteiger partial charge in [-0.1, -0.05) is 6.07 Å². The SMILES string of the molecule is COCc1nc(NCCCc2ccccn2)cc(C2CC(N)C2)n1. The van der Waals surface area contributed by atoms with Crippen molar-refractivity contribution in [3.63, 3.8) is 0 Å². The molecule has 3 rings (SSSR count). The molecule has 3 N–H and O–H groups in total. The lowest BCUT2D eigenvalue weighted by atomic mass is 9.78. The fourth-order valence-corrected chi connectivity index (χ4v) is 2.95. The van der Waals surface area contributed by atoms with Gasteiger partial charge in [-0.2, -0.15) is 0 Å². The molecule has 6 heteroatoms. The molecule has 2 heterocycles. The van der Waals surface area contributed by atoms with Gasteiger partial charge in [0, 0.05) is 49.3 Å². The average molecular weight is 327 g/mol. The van der Waals surface area contributed by atoms with Gasteiger partial charge in [0.15, 0.2) is 5.82 Å². The van der Waals surface area contributed by atoms with Gasteiger partial charge in [0.2, 0.25) is 0 Å². The number of hydrogen-bond acceptors (Lipinski definition) is 6. The lowest BCUT2D eigenvalue weighted by Gasteiger charge is -2.32. The Morgan fingerprint density at radius 1 is 1.29 bits per heavy atom. The fourth-order valence-electron chi connectivity index (χ4n) is 2.95. The van der Waals surface area contributed by atoms with Crippen LogP contribution in [0.4, 0.5) is 5.82 Å². The van der Waals surface area contributed by atoms with Crippen LogP contribution in [0.3, 0.4) is 0 Å². The topological polar surface area (TPSA) is 86.0 Å². The first kappa shape index (κ1) is 16.8. The van der Waals surface area contributed by atoms with Gasteiger partial charge in [-0.15, -0.1) is 0 Å². The summed E-state index contributed by atoms with van der Waals surface area (Å²) in [5.41, 5.74) is 8.10. The van der Waals surface area contributed by atoms with Crippen LogP contribution in [0.1, 0.15) is 42.4 Å². The van der Waals surface area contributed by atoms with Crippen molar-refractivity contribution in [2.45, 2.75) is 44.2 Å². The Kier molecular flexibility index (Phi) is 5.72. The van der Waals surface area contributed by atoms with Crippen molar-refractivity contribution in [3.8, 4) is 0 Å². The summed E-state index contributed by atoms with van der Waals surface area (Å²) in [6.07, 6.45) is 5.80. The van der Waals surface area contributed by atoms with Crippen LogP contribution in [0.15, 0.2) is 30.5 Å². The maximum absolute atomic E-state index is 5.90. The third kappa shape index (κ3) is 4.49. The van der Waals surface area contributed by atoms with Crippen molar-refractivity contribution in [2.24, 2.45) is 5.73 Å². The number of nitrogens with two attached hydrogens (primary N) is 1. The lowest BCUT2D eigenvalue weighted by molar-refractivity contribution is 0.177. The first-order valence-electron chi connectivity index (χ1n) is 8.50. The summed E-state index contributed by atoms with van der Waals surface area (Å²) < 4.78 is 5.19. The first-order chi connectivity index (χ1) is 11.7. The Morgan fingerprint density at radius 2 is 2.17 bits per heavy atom. The molecule has 1 saturated carbocycles. The number of aryl methyl sites for hydroxylation is 1. The summed E-state index contributed by atoms with van der Waals surface area (Å²) in [5, 5.41) is 3.40. The van der Waals surface area contributed by atoms with Crippen LogP contribution in [-0.4, -0.2) is 34.6 Å². The Hall–Kier alpha value is -2.05. The molecule has 6 nitrogen and oxygen atoms in total. The maximum Gasteiger partial charge on any atom is 0.156 e. The molecule has 0 spiro atoms. The van der Waals surface area contributed by atoms with E-state index in [1.165, 1.54) is 0 Å². The second-order valence-corrected chi connectivity index (χ2v) is 6.31. The zero-order valence-corrected chi connectivity index (χ0v) is 14.1. The van der Waals surface area contributed by atoms with Crippen LogP contribution < -0.4 is 11.1 Å². The highest BCUT2D eigenvalue weighted by Gasteiger charge is 2.29. The molecule has 0 bridgehead atoms. The Balaban J connectivity index is 1.57. The number of pyridine rings is 1. The molecule has 0 atom stereocenters. The lowest BCUT2D eigenvalue weighted by Crippen LogP contribution is -2.35. The number of methoxy groups -OCH3 is 1. The van der Waals surface area contributed by atoms with Crippen molar-refractivity contribution >= 4 is 5.82 Å². The van der Waals surface area contributed by atoms with Crippen LogP contribution in [0.25, 0.3) is 0 Å². The molecule has 0 radical (unpaired) electrons. The van der Waals surface area contributed by atoms with E-state index in [-0.39, 0.29) is 0 Å². The second kappa shape index (κ2) is 8.17. The smallest absolute Gasteiger partial charge is 0.156 e. The monoisotopic (exact) mass is 327 g/mol. The van der Waals surface area contributed by atoms with Gasteiger partial charge in [0.1, 0.15) is 12.4 Å². The molecule has 0 aliphatic heterocycles. The number of hydrogen-bond donors (Lipinski definition) is 2. The Labute approximate surface area is 142 Å². The Morgan fingerprint density at radius 3 is 2.88 bits per heavy atom. The number of nitrogens with zero attached hydrogens (tertiary/aromatic N) is 3. The van der Waals surface area contributed by atoms with E-state index < -0.39 is 0 Å². The summed E-state index contributed by atoms with van der Waals surface area (Å²) in [7, 11) is 1.66. The van der Waals surface area contributed by atoms with E-state index in [9.17, 15) is 0 Å². The van der Waals surface area contributed by atoms with Gasteiger partial charge in [0.25, 0.3) is 0 Å². The largest absolute Gasteiger partial charge is 0.377 e. The standard InChI is InChI=1S/C18H25N5O/c1-24-12-18-22-16(13-9-14(19)10-13)11-17(23-18)21-8-4-6-15-5-2-3-7-20-15/h2-3,5,7,11,13-14H,4,6,8-10,12,19H2,1H3,(H,21,22,23). The van der Waals surface area contributed by atoms with Crippen LogP contribution >= 0.6 is 0 Å². The van der Waals surface area contributed by atoms with E-state index in [2.05, 4.69) is 32.4 Å². The highest BCUT2D eigenvalue weighted by molar-refractivity contribution is 5.37. The number of nitrogens with one attached hydrogen (secondary N) is 1. The van der Waals surface area contributed by atoms with Gasteiger partial charge in [-0.25, -0.2) is 9.97 Å². The molecule has 0 amide bonds. The second-order valence-electron chi connectivity index (χ2n) is 6.31. The highest BCUT2D eigenvalue weighted by atomic mass is 16.5. The highest BCUT2D eigenvalue weighted by Crippen LogP contribution is 2.35. The molecule has 1 fully saturated rings. The Bertz CT molecular complexity index is 643. The molecule has 0 saturated heterocycles. The molecule has 1 aliphatic rings. The van der Waals surface area contributed by atoms with E-state index in [0.29, 0.717) is 18.6 Å². The zero-order valence-electron chi connectivity index (χ0n) is 14.1. The van der Waals surface area contributed by atoms with Crippen LogP contribution in [0, 0.1) is 0 Å². The van der Waals surface area contributed by atoms with Gasteiger partial charge < -0.3 is 15.8 Å². The van der Waals surface area contributed by atoms with Crippen molar-refractivity contribution < 1.29 is 4.74 Å². The summed E-state index contributed by atoms with van der Waals surface area (Å²) >= 11 is 0. The third-order valence-electron chi connectivity index (χ3n) is 4.30. The van der Waals surface area contributed by atoms with Gasteiger partial charge in [-0.3, -0.25) is 4.98 Å². The summed E-state index contributed by atoms with van der Waals surface area (Å²) in [6.45, 7) is 1.28. The predicted molar refractivity (Wildman–Crippen MR) is 93.7 cm³/mol. The third-order valence-corrected chi connectivity index (χ3v) is 4.30. The van der Waals surface area contributed by atoms with E-state index in [0.717, 1.165) is 55.3 Å². The quantitative estimate of drug-likeness (QED) is 0.723. The summed E-state index contributed by atoms with van der Waals surface area (Å²) in [5.74, 6) is 2.05. The van der Waals surface area contributed by atoms with Crippen LogP contribution in [0.5, 0.6) is 0 Å². The van der Waals surface area contributed by atoms with Gasteiger partial charge >= 0.3 is 0 Å². The first-order valence-corrected chi connectivity index (χ1v) is 8.50. The summed E-state index contributed by atoms with van der Waals surface area (Å²) in [4.78, 5) is 13.5. The van der Waals surface area contributed by atoms with E-state index in [4.69, 9.17) is 10.5 Å². The van der Waals surface area contributed by atoms with E-state index >= 15 is 0 Å². The normalized spacial score (nSPS) is 19.8. The predicted octanol–water partition coefficient (Wildman–Crippen LogP) is 2.27. The molecular formula is C18H25N5O. The zero-order chi connectivity index (χ0) is 16.8. The molecule has 0 aromatic carbocycles. The molecule has 0 unspecified atom stereocenters. The fraction of sp³-hybridized carbons (Fsp3) is 0.500. The average Bonchev–Trinajstić information content (AvgIpc) is 2.57. The van der Waals surface area contributed by atoms with Crippen molar-refractivity contribution in [1.82, 2.24) is 15.0 Å². The van der Waals surface area contributed by atoms with Crippen molar-refractivity contribution in [2.75, 3.05) is 19.0 Å². The minimum absolute atomic E-state index is 0.311. The minimum Gasteiger partial charge on any atom is -0.377 e. The van der Waals surface area contributed by atoms with Crippen LogP contribution in [-0.2, 0) is 17.8 Å². The van der Waals surface area contributed by atoms with Crippen molar-refractivity contribution in [1.29, 1.82) is 0 Å². The molecule has 24 heavy (non-hydrogen) atoms. The number of rotatable bonds is 8. The molecule has 2 aromatic heterocycles. The van der Waals surface area contributed by atoms with Gasteiger partial charge in [0.05, 0.1) is 0 Å². The number of ether oxygens (including phenoxy) is 1. The molecule has 1 aliphatic carbocycles. The molecule has 2 aromatic rings. The minimum atomic E-state index is 0.311. The van der Waals surface area contributed by atoms with E-state index in [1.54, 1.807) is 7.11 Å². The van der Waals surface area contributed by atoms with Crippen LogP contribution in [0.2, 0.25) is 0 Å². The number of aromatic nitrogens is 3. The van der Waals surface area contributed by atoms with Crippen molar-refractivity contribution in [3.05, 3.63) is 47.7 Å². The summed E-state index contributed by atoms with van der Waals surface area (Å²) in [6, 6.07) is 8.38. The molecular weight excluding hydrogens is 302 g/mol.